The lowest BCUT2D eigenvalue weighted by molar-refractivity contribution is -0.121. The van der Waals surface area contributed by atoms with Crippen LogP contribution < -0.4 is 5.32 Å². The summed E-state index contributed by atoms with van der Waals surface area (Å²) in [7, 11) is 1.95. The highest BCUT2D eigenvalue weighted by Crippen LogP contribution is 1.98. The average Bonchev–Trinajstić information content (AvgIpc) is 2.45. The quantitative estimate of drug-likeness (QED) is 0.637. The molecule has 0 atom stereocenters. The number of benzene rings is 1. The lowest BCUT2D eigenvalue weighted by Crippen LogP contribution is -2.36. The molecule has 1 aromatic rings. The summed E-state index contributed by atoms with van der Waals surface area (Å²) in [6.07, 6.45) is 3.74. The zero-order chi connectivity index (χ0) is 14.6. The largest absolute Gasteiger partial charge is 0.396 e. The van der Waals surface area contributed by atoms with Crippen LogP contribution in [0.2, 0.25) is 0 Å². The first-order valence-corrected chi connectivity index (χ1v) is 7.32. The second-order valence-corrected chi connectivity index (χ2v) is 5.11. The Morgan fingerprint density at radius 3 is 2.65 bits per heavy atom. The lowest BCUT2D eigenvalue weighted by Gasteiger charge is -2.16. The van der Waals surface area contributed by atoms with Crippen molar-refractivity contribution in [1.29, 1.82) is 0 Å². The van der Waals surface area contributed by atoms with Crippen molar-refractivity contribution in [2.45, 2.75) is 25.7 Å². The van der Waals surface area contributed by atoms with Crippen LogP contribution >= 0.6 is 0 Å². The van der Waals surface area contributed by atoms with Crippen molar-refractivity contribution in [2.24, 2.45) is 0 Å². The third kappa shape index (κ3) is 7.92. The van der Waals surface area contributed by atoms with E-state index in [-0.39, 0.29) is 12.5 Å². The summed E-state index contributed by atoms with van der Waals surface area (Å²) in [4.78, 5) is 13.8. The van der Waals surface area contributed by atoms with Gasteiger partial charge in [0.2, 0.25) is 5.91 Å². The van der Waals surface area contributed by atoms with Crippen molar-refractivity contribution >= 4 is 5.91 Å². The first kappa shape index (κ1) is 16.7. The van der Waals surface area contributed by atoms with Crippen LogP contribution in [0.3, 0.4) is 0 Å². The predicted molar refractivity (Wildman–Crippen MR) is 81.6 cm³/mol. The maximum atomic E-state index is 11.7. The molecule has 0 heterocycles. The Balaban J connectivity index is 2.07. The van der Waals surface area contributed by atoms with Gasteiger partial charge in [0.15, 0.2) is 0 Å². The first-order chi connectivity index (χ1) is 9.72. The third-order valence-electron chi connectivity index (χ3n) is 3.19. The van der Waals surface area contributed by atoms with E-state index in [1.165, 1.54) is 5.56 Å². The average molecular weight is 278 g/mol. The zero-order valence-electron chi connectivity index (χ0n) is 12.3. The molecule has 1 rings (SSSR count). The van der Waals surface area contributed by atoms with E-state index in [9.17, 15) is 4.79 Å². The third-order valence-corrected chi connectivity index (χ3v) is 3.19. The highest BCUT2D eigenvalue weighted by molar-refractivity contribution is 5.77. The SMILES string of the molecule is CN(CCCCCO)CC(=O)NCCc1ccccc1. The molecule has 0 aromatic heterocycles. The Morgan fingerprint density at radius 1 is 1.20 bits per heavy atom. The van der Waals surface area contributed by atoms with Crippen molar-refractivity contribution in [1.82, 2.24) is 10.2 Å². The molecule has 0 saturated carbocycles. The maximum Gasteiger partial charge on any atom is 0.234 e. The molecule has 0 aliphatic heterocycles. The van der Waals surface area contributed by atoms with E-state index in [2.05, 4.69) is 17.4 Å². The number of nitrogens with zero attached hydrogens (tertiary/aromatic N) is 1. The highest BCUT2D eigenvalue weighted by atomic mass is 16.2. The van der Waals surface area contributed by atoms with Gasteiger partial charge in [0.25, 0.3) is 0 Å². The summed E-state index contributed by atoms with van der Waals surface area (Å²) in [5, 5.41) is 11.6. The number of carbonyl (C=O) groups is 1. The molecule has 0 spiro atoms. The maximum absolute atomic E-state index is 11.7. The fourth-order valence-corrected chi connectivity index (χ4v) is 2.04. The van der Waals surface area contributed by atoms with Crippen molar-refractivity contribution in [3.8, 4) is 0 Å². The Bertz CT molecular complexity index is 368. The van der Waals surface area contributed by atoms with Gasteiger partial charge in [0.1, 0.15) is 0 Å². The van der Waals surface area contributed by atoms with Crippen LogP contribution in [0.1, 0.15) is 24.8 Å². The van der Waals surface area contributed by atoms with Crippen LogP contribution in [-0.4, -0.2) is 49.2 Å². The molecule has 0 unspecified atom stereocenters. The van der Waals surface area contributed by atoms with E-state index < -0.39 is 0 Å². The van der Waals surface area contributed by atoms with Crippen molar-refractivity contribution in [3.05, 3.63) is 35.9 Å². The van der Waals surface area contributed by atoms with E-state index in [4.69, 9.17) is 5.11 Å². The minimum atomic E-state index is 0.0746. The Kier molecular flexibility index (Phi) is 8.67. The van der Waals surface area contributed by atoms with Gasteiger partial charge in [-0.15, -0.1) is 0 Å². The second-order valence-electron chi connectivity index (χ2n) is 5.11. The molecule has 0 fully saturated rings. The molecule has 0 bridgehead atoms. The normalized spacial score (nSPS) is 10.8. The van der Waals surface area contributed by atoms with Crippen LogP contribution in [0.15, 0.2) is 30.3 Å². The molecule has 1 aromatic carbocycles. The predicted octanol–water partition coefficient (Wildman–Crippen LogP) is 1.44. The molecular weight excluding hydrogens is 252 g/mol. The van der Waals surface area contributed by atoms with E-state index in [1.54, 1.807) is 0 Å². The molecule has 0 aliphatic rings. The van der Waals surface area contributed by atoms with Crippen LogP contribution in [0.4, 0.5) is 0 Å². The summed E-state index contributed by atoms with van der Waals surface area (Å²) in [6.45, 7) is 2.27. The number of hydrogen-bond donors (Lipinski definition) is 2. The number of likely N-dealkylation sites (N-methyl/N-ethyl adjacent to an activating group) is 1. The summed E-state index contributed by atoms with van der Waals surface area (Å²) < 4.78 is 0. The standard InChI is InChI=1S/C16H26N2O2/c1-18(12-6-3-7-13-19)14-16(20)17-11-10-15-8-4-2-5-9-15/h2,4-5,8-9,19H,3,6-7,10-14H2,1H3,(H,17,20). The monoisotopic (exact) mass is 278 g/mol. The lowest BCUT2D eigenvalue weighted by atomic mass is 10.1. The zero-order valence-corrected chi connectivity index (χ0v) is 12.3. The molecule has 0 radical (unpaired) electrons. The number of rotatable bonds is 10. The molecule has 4 heteroatoms. The van der Waals surface area contributed by atoms with E-state index in [1.807, 2.05) is 30.1 Å². The van der Waals surface area contributed by atoms with Gasteiger partial charge in [-0.05, 0) is 44.8 Å². The molecule has 0 saturated heterocycles. The van der Waals surface area contributed by atoms with Crippen LogP contribution in [0, 0.1) is 0 Å². The molecule has 4 nitrogen and oxygen atoms in total. The number of amides is 1. The highest BCUT2D eigenvalue weighted by Gasteiger charge is 2.05. The fraction of sp³-hybridized carbons (Fsp3) is 0.562. The second kappa shape index (κ2) is 10.4. The Hall–Kier alpha value is -1.39. The van der Waals surface area contributed by atoms with Gasteiger partial charge in [0.05, 0.1) is 6.54 Å². The van der Waals surface area contributed by atoms with E-state index in [0.29, 0.717) is 13.1 Å². The number of hydrogen-bond acceptors (Lipinski definition) is 3. The molecule has 2 N–H and O–H groups in total. The van der Waals surface area contributed by atoms with Gasteiger partial charge in [0, 0.05) is 13.2 Å². The van der Waals surface area contributed by atoms with Crippen molar-refractivity contribution < 1.29 is 9.90 Å². The molecule has 112 valence electrons. The number of aliphatic hydroxyl groups excluding tert-OH is 1. The summed E-state index contributed by atoms with van der Waals surface area (Å²) in [5.41, 5.74) is 1.24. The minimum Gasteiger partial charge on any atom is -0.396 e. The van der Waals surface area contributed by atoms with Crippen LogP contribution in [-0.2, 0) is 11.2 Å². The van der Waals surface area contributed by atoms with Gasteiger partial charge in [-0.1, -0.05) is 30.3 Å². The number of unbranched alkanes of at least 4 members (excludes halogenated alkanes) is 2. The van der Waals surface area contributed by atoms with Crippen molar-refractivity contribution in [2.75, 3.05) is 33.3 Å². The molecular formula is C16H26N2O2. The summed E-state index contributed by atoms with van der Waals surface area (Å²) >= 11 is 0. The fourth-order valence-electron chi connectivity index (χ4n) is 2.04. The summed E-state index contributed by atoms with van der Waals surface area (Å²) in [6, 6.07) is 10.2. The van der Waals surface area contributed by atoms with Crippen LogP contribution in [0.5, 0.6) is 0 Å². The molecule has 0 aliphatic carbocycles. The van der Waals surface area contributed by atoms with E-state index >= 15 is 0 Å². The number of carbonyl (C=O) groups excluding carboxylic acids is 1. The Morgan fingerprint density at radius 2 is 1.95 bits per heavy atom. The van der Waals surface area contributed by atoms with Gasteiger partial charge < -0.3 is 10.4 Å². The van der Waals surface area contributed by atoms with Crippen molar-refractivity contribution in [3.63, 3.8) is 0 Å². The molecule has 1 amide bonds. The topological polar surface area (TPSA) is 52.6 Å². The van der Waals surface area contributed by atoms with Crippen LogP contribution in [0.25, 0.3) is 0 Å². The smallest absolute Gasteiger partial charge is 0.234 e. The Labute approximate surface area is 121 Å². The number of aliphatic hydroxyl groups is 1. The molecule has 20 heavy (non-hydrogen) atoms. The first-order valence-electron chi connectivity index (χ1n) is 7.32. The van der Waals surface area contributed by atoms with E-state index in [0.717, 1.165) is 32.2 Å². The van der Waals surface area contributed by atoms with Gasteiger partial charge in [-0.2, -0.15) is 0 Å². The van der Waals surface area contributed by atoms with Gasteiger partial charge in [-0.3, -0.25) is 9.69 Å². The van der Waals surface area contributed by atoms with Gasteiger partial charge in [-0.25, -0.2) is 0 Å². The summed E-state index contributed by atoms with van der Waals surface area (Å²) in [5.74, 6) is 0.0746. The minimum absolute atomic E-state index is 0.0746. The number of nitrogens with one attached hydrogen (secondary N) is 1. The van der Waals surface area contributed by atoms with Gasteiger partial charge >= 0.3 is 0 Å².